The van der Waals surface area contributed by atoms with E-state index in [0.717, 1.165) is 48.1 Å². The van der Waals surface area contributed by atoms with Gasteiger partial charge < -0.3 is 4.52 Å². The first-order valence-electron chi connectivity index (χ1n) is 8.98. The Bertz CT molecular complexity index is 1000. The van der Waals surface area contributed by atoms with Crippen molar-refractivity contribution in [1.82, 2.24) is 19.7 Å². The molecule has 0 saturated carbocycles. The first-order valence-corrected chi connectivity index (χ1v) is 10.8. The van der Waals surface area contributed by atoms with Gasteiger partial charge in [-0.2, -0.15) is 4.98 Å². The number of aromatic nitrogens is 4. The highest BCUT2D eigenvalue weighted by Gasteiger charge is 2.22. The summed E-state index contributed by atoms with van der Waals surface area (Å²) in [6, 6.07) is 0. The Morgan fingerprint density at radius 1 is 1.31 bits per heavy atom. The lowest BCUT2D eigenvalue weighted by Crippen LogP contribution is -2.20. The molecule has 0 atom stereocenters. The van der Waals surface area contributed by atoms with Gasteiger partial charge in [-0.05, 0) is 37.2 Å². The minimum absolute atomic E-state index is 0.0556. The third-order valence-electron chi connectivity index (χ3n) is 4.69. The summed E-state index contributed by atoms with van der Waals surface area (Å²) in [6.45, 7) is 4.36. The molecule has 4 rings (SSSR count). The average Bonchev–Trinajstić information content (AvgIpc) is 3.30. The van der Waals surface area contributed by atoms with Crippen molar-refractivity contribution in [3.8, 4) is 0 Å². The molecule has 6 nitrogen and oxygen atoms in total. The van der Waals surface area contributed by atoms with Crippen LogP contribution in [0.4, 0.5) is 0 Å². The van der Waals surface area contributed by atoms with Crippen LogP contribution in [0.15, 0.2) is 14.5 Å². The van der Waals surface area contributed by atoms with Crippen molar-refractivity contribution < 1.29 is 4.52 Å². The molecule has 0 aliphatic heterocycles. The van der Waals surface area contributed by atoms with Gasteiger partial charge in [-0.15, -0.1) is 11.3 Å². The maximum Gasteiger partial charge on any atom is 0.262 e. The van der Waals surface area contributed by atoms with E-state index in [0.29, 0.717) is 22.7 Å². The van der Waals surface area contributed by atoms with Gasteiger partial charge in [0.05, 0.1) is 11.1 Å². The molecule has 0 saturated heterocycles. The summed E-state index contributed by atoms with van der Waals surface area (Å²) in [7, 11) is 1.79. The van der Waals surface area contributed by atoms with Crippen molar-refractivity contribution in [1.29, 1.82) is 0 Å². The van der Waals surface area contributed by atoms with Crippen LogP contribution in [-0.4, -0.2) is 19.7 Å². The molecule has 26 heavy (non-hydrogen) atoms. The molecule has 0 spiro atoms. The lowest BCUT2D eigenvalue weighted by Gasteiger charge is -2.06. The third kappa shape index (κ3) is 3.32. The summed E-state index contributed by atoms with van der Waals surface area (Å²) in [5.74, 6) is 2.47. The number of hydrogen-bond donors (Lipinski definition) is 0. The third-order valence-corrected chi connectivity index (χ3v) is 6.89. The zero-order chi connectivity index (χ0) is 18.3. The fourth-order valence-corrected chi connectivity index (χ4v) is 5.34. The second-order valence-corrected chi connectivity index (χ2v) is 9.15. The van der Waals surface area contributed by atoms with E-state index in [1.54, 1.807) is 23.0 Å². The molecule has 138 valence electrons. The Morgan fingerprint density at radius 2 is 2.15 bits per heavy atom. The molecular weight excluding hydrogens is 368 g/mol. The molecule has 3 aromatic rings. The first kappa shape index (κ1) is 17.7. The highest BCUT2D eigenvalue weighted by Crippen LogP contribution is 2.35. The lowest BCUT2D eigenvalue weighted by atomic mass is 10.1. The monoisotopic (exact) mass is 390 g/mol. The van der Waals surface area contributed by atoms with Crippen molar-refractivity contribution in [3.05, 3.63) is 32.5 Å². The highest BCUT2D eigenvalue weighted by molar-refractivity contribution is 7.98. The van der Waals surface area contributed by atoms with Gasteiger partial charge in [0.1, 0.15) is 4.83 Å². The number of aryl methyl sites for hydroxylation is 3. The smallest absolute Gasteiger partial charge is 0.262 e. The maximum atomic E-state index is 12.8. The van der Waals surface area contributed by atoms with E-state index in [-0.39, 0.29) is 5.56 Å². The van der Waals surface area contributed by atoms with Crippen LogP contribution in [0.2, 0.25) is 0 Å². The summed E-state index contributed by atoms with van der Waals surface area (Å²) in [4.78, 5) is 24.2. The summed E-state index contributed by atoms with van der Waals surface area (Å²) < 4.78 is 6.98. The Morgan fingerprint density at radius 3 is 2.96 bits per heavy atom. The Balaban J connectivity index is 1.53. The fourth-order valence-electron chi connectivity index (χ4n) is 3.23. The molecule has 0 N–H and O–H groups in total. The number of thiophene rings is 1. The molecule has 0 radical (unpaired) electrons. The van der Waals surface area contributed by atoms with Gasteiger partial charge >= 0.3 is 0 Å². The standard InChI is InChI=1S/C18H22N4O2S2/c1-10(2)7-8-13-19-14(24-21-13)9-25-18-20-16-15(17(23)22(18)3)11-5-4-6-12(11)26-16/h10H,4-9H2,1-3H3. The van der Waals surface area contributed by atoms with Crippen LogP contribution in [0, 0.1) is 5.92 Å². The van der Waals surface area contributed by atoms with Crippen LogP contribution in [0.5, 0.6) is 0 Å². The SMILES string of the molecule is CC(C)CCc1noc(CSc2nc3sc4c(c3c(=O)n2C)CCC4)n1. The van der Waals surface area contributed by atoms with Gasteiger partial charge in [0, 0.05) is 18.3 Å². The zero-order valence-electron chi connectivity index (χ0n) is 15.2. The van der Waals surface area contributed by atoms with E-state index in [2.05, 4.69) is 24.0 Å². The Hall–Kier alpha value is -1.67. The molecule has 3 heterocycles. The molecule has 0 aromatic carbocycles. The number of fused-ring (bicyclic) bond motifs is 3. The fraction of sp³-hybridized carbons (Fsp3) is 0.556. The van der Waals surface area contributed by atoms with Gasteiger partial charge in [-0.1, -0.05) is 30.8 Å². The van der Waals surface area contributed by atoms with Gasteiger partial charge in [0.15, 0.2) is 11.0 Å². The van der Waals surface area contributed by atoms with Crippen LogP contribution in [0.25, 0.3) is 10.2 Å². The highest BCUT2D eigenvalue weighted by atomic mass is 32.2. The van der Waals surface area contributed by atoms with E-state index < -0.39 is 0 Å². The zero-order valence-corrected chi connectivity index (χ0v) is 16.9. The van der Waals surface area contributed by atoms with Crippen molar-refractivity contribution in [2.24, 2.45) is 13.0 Å². The molecule has 1 aliphatic rings. The van der Waals surface area contributed by atoms with Crippen molar-refractivity contribution in [2.75, 3.05) is 0 Å². The van der Waals surface area contributed by atoms with Gasteiger partial charge in [-0.25, -0.2) is 4.98 Å². The first-order chi connectivity index (χ1) is 12.5. The summed E-state index contributed by atoms with van der Waals surface area (Å²) in [5, 5.41) is 5.56. The number of hydrogen-bond acceptors (Lipinski definition) is 7. The minimum atomic E-state index is 0.0556. The molecule has 0 bridgehead atoms. The second-order valence-electron chi connectivity index (χ2n) is 7.12. The maximum absolute atomic E-state index is 12.8. The summed E-state index contributed by atoms with van der Waals surface area (Å²) >= 11 is 3.14. The van der Waals surface area contributed by atoms with Gasteiger partial charge in [0.25, 0.3) is 5.56 Å². The largest absolute Gasteiger partial charge is 0.338 e. The van der Waals surface area contributed by atoms with Crippen molar-refractivity contribution in [3.63, 3.8) is 0 Å². The summed E-state index contributed by atoms with van der Waals surface area (Å²) in [5.41, 5.74) is 1.28. The molecule has 0 unspecified atom stereocenters. The predicted octanol–water partition coefficient (Wildman–Crippen LogP) is 3.75. The van der Waals surface area contributed by atoms with Crippen LogP contribution in [-0.2, 0) is 32.1 Å². The van der Waals surface area contributed by atoms with Gasteiger partial charge in [-0.3, -0.25) is 9.36 Å². The molecule has 3 aromatic heterocycles. The van der Waals surface area contributed by atoms with E-state index >= 15 is 0 Å². The number of rotatable bonds is 6. The van der Waals surface area contributed by atoms with Crippen LogP contribution < -0.4 is 5.56 Å². The molecule has 8 heteroatoms. The van der Waals surface area contributed by atoms with Crippen molar-refractivity contribution in [2.45, 2.75) is 56.9 Å². The number of thioether (sulfide) groups is 1. The van der Waals surface area contributed by atoms with Crippen molar-refractivity contribution >= 4 is 33.3 Å². The molecular formula is C18H22N4O2S2. The van der Waals surface area contributed by atoms with Gasteiger partial charge in [0.2, 0.25) is 5.89 Å². The normalized spacial score (nSPS) is 13.8. The topological polar surface area (TPSA) is 73.8 Å². The van der Waals surface area contributed by atoms with Crippen LogP contribution >= 0.6 is 23.1 Å². The summed E-state index contributed by atoms with van der Waals surface area (Å²) in [6.07, 6.45) is 5.09. The average molecular weight is 391 g/mol. The van der Waals surface area contributed by atoms with E-state index in [1.807, 2.05) is 0 Å². The second kappa shape index (κ2) is 7.15. The lowest BCUT2D eigenvalue weighted by molar-refractivity contribution is 0.383. The van der Waals surface area contributed by atoms with E-state index in [4.69, 9.17) is 9.51 Å². The quantitative estimate of drug-likeness (QED) is 0.471. The predicted molar refractivity (Wildman–Crippen MR) is 104 cm³/mol. The van der Waals surface area contributed by atoms with E-state index in [1.165, 1.54) is 22.2 Å². The minimum Gasteiger partial charge on any atom is -0.338 e. The van der Waals surface area contributed by atoms with Crippen LogP contribution in [0.1, 0.15) is 48.8 Å². The molecule has 0 amide bonds. The van der Waals surface area contributed by atoms with E-state index in [9.17, 15) is 4.79 Å². The Labute approximate surface area is 160 Å². The molecule has 0 fully saturated rings. The number of nitrogens with zero attached hydrogens (tertiary/aromatic N) is 4. The Kier molecular flexibility index (Phi) is 4.88. The molecule has 1 aliphatic carbocycles. The van der Waals surface area contributed by atoms with Crippen LogP contribution in [0.3, 0.4) is 0 Å².